The van der Waals surface area contributed by atoms with Crippen LogP contribution < -0.4 is 5.32 Å². The van der Waals surface area contributed by atoms with Crippen molar-refractivity contribution in [1.82, 2.24) is 19.9 Å². The lowest BCUT2D eigenvalue weighted by Gasteiger charge is -2.21. The van der Waals surface area contributed by atoms with Gasteiger partial charge < -0.3 is 19.8 Å². The van der Waals surface area contributed by atoms with Gasteiger partial charge in [-0.2, -0.15) is 0 Å². The zero-order chi connectivity index (χ0) is 19.3. The number of halogens is 1. The van der Waals surface area contributed by atoms with Crippen molar-refractivity contribution in [2.45, 2.75) is 26.1 Å². The molecule has 0 amide bonds. The van der Waals surface area contributed by atoms with Crippen molar-refractivity contribution < 1.29 is 13.9 Å². The van der Waals surface area contributed by atoms with Gasteiger partial charge in [-0.1, -0.05) is 6.92 Å². The van der Waals surface area contributed by atoms with Gasteiger partial charge >= 0.3 is 0 Å². The maximum atomic E-state index is 13.4. The fourth-order valence-electron chi connectivity index (χ4n) is 2.97. The van der Waals surface area contributed by atoms with Crippen LogP contribution in [0.5, 0.6) is 0 Å². The molecular weight excluding hydrogens is 361 g/mol. The van der Waals surface area contributed by atoms with Crippen LogP contribution in [0.1, 0.15) is 31.9 Å². The number of hydrogen-bond acceptors (Lipinski definition) is 6. The molecule has 2 aromatic heterocycles. The predicted octanol–water partition coefficient (Wildman–Crippen LogP) is 3.93. The van der Waals surface area contributed by atoms with Gasteiger partial charge in [0, 0.05) is 18.3 Å². The zero-order valence-electron chi connectivity index (χ0n) is 15.6. The molecule has 0 radical (unpaired) electrons. The number of nitrogens with one attached hydrogen (secondary N) is 2. The third-order valence-electron chi connectivity index (χ3n) is 4.34. The van der Waals surface area contributed by atoms with E-state index in [2.05, 4.69) is 27.2 Å². The van der Waals surface area contributed by atoms with Crippen molar-refractivity contribution in [2.24, 2.45) is 0 Å². The number of hydrogen-bond donors (Lipinski definition) is 2. The van der Waals surface area contributed by atoms with Crippen LogP contribution in [0, 0.1) is 5.82 Å². The standard InChI is InChI=1S/C20H22FN5O2/c1-2-9-22-20-23-10-8-15(24-20)17-16(13-4-6-14(21)7-5-13)25-18(26-17)19-27-11-3-12-28-19/h4-8,10,19H,2-3,9,11-12H2,1H3,(H,25,26)(H,22,23,24). The number of aromatic amines is 1. The first-order valence-electron chi connectivity index (χ1n) is 9.41. The van der Waals surface area contributed by atoms with E-state index in [1.165, 1.54) is 12.1 Å². The normalized spacial score (nSPS) is 14.9. The Balaban J connectivity index is 1.75. The topological polar surface area (TPSA) is 85.0 Å². The molecule has 146 valence electrons. The van der Waals surface area contributed by atoms with Gasteiger partial charge in [-0.15, -0.1) is 0 Å². The molecule has 0 atom stereocenters. The number of benzene rings is 1. The molecule has 1 aliphatic heterocycles. The van der Waals surface area contributed by atoms with E-state index in [0.717, 1.165) is 24.9 Å². The van der Waals surface area contributed by atoms with Crippen LogP contribution >= 0.6 is 0 Å². The molecule has 1 aliphatic rings. The van der Waals surface area contributed by atoms with E-state index in [0.29, 0.717) is 42.1 Å². The highest BCUT2D eigenvalue weighted by atomic mass is 19.1. The Bertz CT molecular complexity index is 923. The number of anilines is 1. The van der Waals surface area contributed by atoms with Crippen LogP contribution in [0.15, 0.2) is 36.5 Å². The average Bonchev–Trinajstić information content (AvgIpc) is 3.19. The van der Waals surface area contributed by atoms with E-state index in [-0.39, 0.29) is 5.82 Å². The largest absolute Gasteiger partial charge is 0.354 e. The first-order chi connectivity index (χ1) is 13.7. The first-order valence-corrected chi connectivity index (χ1v) is 9.41. The number of rotatable bonds is 6. The van der Waals surface area contributed by atoms with Crippen molar-refractivity contribution in [3.63, 3.8) is 0 Å². The van der Waals surface area contributed by atoms with Crippen molar-refractivity contribution in [3.8, 4) is 22.6 Å². The van der Waals surface area contributed by atoms with Gasteiger partial charge in [-0.05, 0) is 43.2 Å². The van der Waals surface area contributed by atoms with E-state index in [1.807, 2.05) is 6.07 Å². The Morgan fingerprint density at radius 3 is 2.68 bits per heavy atom. The third kappa shape index (κ3) is 4.02. The number of nitrogens with zero attached hydrogens (tertiary/aromatic N) is 3. The van der Waals surface area contributed by atoms with Gasteiger partial charge in [0.2, 0.25) is 12.2 Å². The van der Waals surface area contributed by atoms with E-state index < -0.39 is 6.29 Å². The number of imidazole rings is 1. The summed E-state index contributed by atoms with van der Waals surface area (Å²) in [5, 5.41) is 3.19. The fourth-order valence-corrected chi connectivity index (χ4v) is 2.97. The molecule has 0 bridgehead atoms. The molecule has 0 aliphatic carbocycles. The molecular formula is C20H22FN5O2. The molecule has 7 nitrogen and oxygen atoms in total. The minimum absolute atomic E-state index is 0.298. The lowest BCUT2D eigenvalue weighted by molar-refractivity contribution is -0.186. The second-order valence-electron chi connectivity index (χ2n) is 6.47. The van der Waals surface area contributed by atoms with E-state index in [4.69, 9.17) is 14.5 Å². The van der Waals surface area contributed by atoms with E-state index >= 15 is 0 Å². The third-order valence-corrected chi connectivity index (χ3v) is 4.34. The van der Waals surface area contributed by atoms with Crippen molar-refractivity contribution in [3.05, 3.63) is 48.2 Å². The molecule has 3 heterocycles. The minimum atomic E-state index is -0.554. The Kier molecular flexibility index (Phi) is 5.59. The summed E-state index contributed by atoms with van der Waals surface area (Å²) in [6.07, 6.45) is 2.97. The lowest BCUT2D eigenvalue weighted by atomic mass is 10.1. The molecule has 0 unspecified atom stereocenters. The van der Waals surface area contributed by atoms with Crippen molar-refractivity contribution >= 4 is 5.95 Å². The Labute approximate surface area is 162 Å². The maximum Gasteiger partial charge on any atom is 0.223 e. The van der Waals surface area contributed by atoms with Gasteiger partial charge in [0.25, 0.3) is 0 Å². The lowest BCUT2D eigenvalue weighted by Crippen LogP contribution is -2.18. The van der Waals surface area contributed by atoms with Gasteiger partial charge in [-0.25, -0.2) is 19.3 Å². The molecule has 3 aromatic rings. The van der Waals surface area contributed by atoms with E-state index in [9.17, 15) is 4.39 Å². The van der Waals surface area contributed by atoms with Crippen LogP contribution in [0.25, 0.3) is 22.6 Å². The van der Waals surface area contributed by atoms with Crippen molar-refractivity contribution in [2.75, 3.05) is 25.1 Å². The van der Waals surface area contributed by atoms with E-state index in [1.54, 1.807) is 18.3 Å². The Hall–Kier alpha value is -2.84. The highest BCUT2D eigenvalue weighted by Crippen LogP contribution is 2.32. The van der Waals surface area contributed by atoms with Gasteiger partial charge in [0.05, 0.1) is 30.3 Å². The monoisotopic (exact) mass is 383 g/mol. The smallest absolute Gasteiger partial charge is 0.223 e. The zero-order valence-corrected chi connectivity index (χ0v) is 15.6. The average molecular weight is 383 g/mol. The van der Waals surface area contributed by atoms with Gasteiger partial charge in [0.15, 0.2) is 5.82 Å². The number of aromatic nitrogens is 4. The highest BCUT2D eigenvalue weighted by Gasteiger charge is 2.24. The second-order valence-corrected chi connectivity index (χ2v) is 6.47. The molecule has 0 saturated carbocycles. The molecule has 2 N–H and O–H groups in total. The quantitative estimate of drug-likeness (QED) is 0.671. The molecule has 0 spiro atoms. The molecule has 1 aromatic carbocycles. The summed E-state index contributed by atoms with van der Waals surface area (Å²) in [5.41, 5.74) is 2.83. The highest BCUT2D eigenvalue weighted by molar-refractivity contribution is 5.77. The SMILES string of the molecule is CCCNc1nccc(-c2[nH]c(C3OCCCO3)nc2-c2ccc(F)cc2)n1. The first kappa shape index (κ1) is 18.5. The van der Waals surface area contributed by atoms with Crippen LogP contribution in [0.3, 0.4) is 0 Å². The van der Waals surface area contributed by atoms with Gasteiger partial charge in [0.1, 0.15) is 5.82 Å². The fraction of sp³-hybridized carbons (Fsp3) is 0.350. The van der Waals surface area contributed by atoms with Crippen LogP contribution in [-0.4, -0.2) is 39.7 Å². The predicted molar refractivity (Wildman–Crippen MR) is 103 cm³/mol. The summed E-state index contributed by atoms with van der Waals surface area (Å²) in [4.78, 5) is 16.8. The molecule has 1 fully saturated rings. The van der Waals surface area contributed by atoms with Gasteiger partial charge in [-0.3, -0.25) is 0 Å². The Morgan fingerprint density at radius 2 is 1.93 bits per heavy atom. The second kappa shape index (κ2) is 8.45. The molecule has 28 heavy (non-hydrogen) atoms. The number of H-pyrrole nitrogens is 1. The van der Waals surface area contributed by atoms with Crippen LogP contribution in [0.4, 0.5) is 10.3 Å². The Morgan fingerprint density at radius 1 is 1.14 bits per heavy atom. The maximum absolute atomic E-state index is 13.4. The summed E-state index contributed by atoms with van der Waals surface area (Å²) >= 11 is 0. The number of ether oxygens (including phenoxy) is 2. The summed E-state index contributed by atoms with van der Waals surface area (Å²) in [6.45, 7) is 4.09. The van der Waals surface area contributed by atoms with Crippen LogP contribution in [-0.2, 0) is 9.47 Å². The molecule has 8 heteroatoms. The molecule has 1 saturated heterocycles. The summed E-state index contributed by atoms with van der Waals surface area (Å²) < 4.78 is 24.8. The summed E-state index contributed by atoms with van der Waals surface area (Å²) in [7, 11) is 0. The molecule has 4 rings (SSSR count). The van der Waals surface area contributed by atoms with Crippen molar-refractivity contribution in [1.29, 1.82) is 0 Å². The minimum Gasteiger partial charge on any atom is -0.354 e. The summed E-state index contributed by atoms with van der Waals surface area (Å²) in [5.74, 6) is 0.814. The summed E-state index contributed by atoms with van der Waals surface area (Å²) in [6, 6.07) is 8.02. The van der Waals surface area contributed by atoms with Crippen LogP contribution in [0.2, 0.25) is 0 Å².